The van der Waals surface area contributed by atoms with Crippen LogP contribution >= 0.6 is 12.6 Å². The van der Waals surface area contributed by atoms with Crippen molar-refractivity contribution in [3.8, 4) is 0 Å². The predicted molar refractivity (Wildman–Crippen MR) is 171 cm³/mol. The molecule has 1 aliphatic rings. The molecule has 1 heterocycles. The fraction of sp³-hybridized carbons (Fsp3) is 0.333. The van der Waals surface area contributed by atoms with Crippen molar-refractivity contribution in [1.82, 2.24) is 4.98 Å². The third-order valence-electron chi connectivity index (χ3n) is 7.67. The molecule has 0 saturated heterocycles. The van der Waals surface area contributed by atoms with Crippen LogP contribution in [0.5, 0.6) is 0 Å². The van der Waals surface area contributed by atoms with Crippen LogP contribution in [0.25, 0.3) is 23.1 Å². The fourth-order valence-electron chi connectivity index (χ4n) is 5.06. The van der Waals surface area contributed by atoms with E-state index in [2.05, 4.69) is 98.4 Å². The van der Waals surface area contributed by atoms with Gasteiger partial charge in [-0.25, -0.2) is 4.98 Å². The molecule has 1 fully saturated rings. The molecule has 4 aromatic rings. The summed E-state index contributed by atoms with van der Waals surface area (Å²) in [6.45, 7) is 5.80. The average Bonchev–Trinajstić information content (AvgIpc) is 3.71. The molecular weight excluding hydrogens is 549 g/mol. The minimum absolute atomic E-state index is 0. The van der Waals surface area contributed by atoms with Gasteiger partial charge in [-0.15, -0.1) is 0 Å². The van der Waals surface area contributed by atoms with Crippen LogP contribution in [0.15, 0.2) is 78.9 Å². The van der Waals surface area contributed by atoms with Crippen molar-refractivity contribution in [2.24, 2.45) is 5.41 Å². The fourth-order valence-corrected chi connectivity index (χ4v) is 5.49. The third-order valence-corrected chi connectivity index (χ3v) is 8.34. The number of aromatic nitrogens is 1. The minimum Gasteiger partial charge on any atom is -0.550 e. The summed E-state index contributed by atoms with van der Waals surface area (Å²) in [5.41, 5.74) is 7.20. The first-order valence-electron chi connectivity index (χ1n) is 14.3. The SMILES string of the molecule is Cc1ccc2ccc(/C=C\c3cccc(CCCc4ccccc4C(C)(C)O)c3)nc2c1.O=C([O-])CC1(CS)CC1.[Na+]. The van der Waals surface area contributed by atoms with E-state index < -0.39 is 11.6 Å². The number of carboxylic acids is 1. The number of pyridine rings is 1. The van der Waals surface area contributed by atoms with Crippen molar-refractivity contribution >= 4 is 41.7 Å². The van der Waals surface area contributed by atoms with E-state index in [9.17, 15) is 15.0 Å². The maximum atomic E-state index is 10.4. The van der Waals surface area contributed by atoms with Crippen molar-refractivity contribution in [2.45, 2.75) is 64.9 Å². The number of thiol groups is 1. The molecule has 0 unspecified atom stereocenters. The molecule has 0 amide bonds. The van der Waals surface area contributed by atoms with Gasteiger partial charge in [0.05, 0.1) is 16.8 Å². The number of hydrogen-bond acceptors (Lipinski definition) is 5. The Morgan fingerprint density at radius 3 is 2.40 bits per heavy atom. The molecule has 214 valence electrons. The van der Waals surface area contributed by atoms with Gasteiger partial charge in [-0.2, -0.15) is 12.6 Å². The van der Waals surface area contributed by atoms with Gasteiger partial charge in [0.2, 0.25) is 0 Å². The van der Waals surface area contributed by atoms with E-state index in [1.165, 1.54) is 27.6 Å². The summed E-state index contributed by atoms with van der Waals surface area (Å²) in [5, 5.41) is 21.7. The Morgan fingerprint density at radius 2 is 1.74 bits per heavy atom. The van der Waals surface area contributed by atoms with Gasteiger partial charge in [0.1, 0.15) is 0 Å². The average molecular weight is 590 g/mol. The Hall–Kier alpha value is -2.41. The van der Waals surface area contributed by atoms with Gasteiger partial charge < -0.3 is 15.0 Å². The number of aryl methyl sites for hydroxylation is 3. The van der Waals surface area contributed by atoms with E-state index in [0.717, 1.165) is 48.9 Å². The Bertz CT molecular complexity index is 1520. The zero-order valence-electron chi connectivity index (χ0n) is 25.3. The van der Waals surface area contributed by atoms with Gasteiger partial charge >= 0.3 is 29.6 Å². The first-order chi connectivity index (χ1) is 19.6. The van der Waals surface area contributed by atoms with Crippen LogP contribution in [0, 0.1) is 12.3 Å². The second-order valence-corrected chi connectivity index (χ2v) is 12.1. The molecule has 0 spiro atoms. The molecule has 6 heteroatoms. The molecule has 5 rings (SSSR count). The molecule has 42 heavy (non-hydrogen) atoms. The monoisotopic (exact) mass is 589 g/mol. The van der Waals surface area contributed by atoms with Crippen LogP contribution in [-0.2, 0) is 23.2 Å². The van der Waals surface area contributed by atoms with E-state index in [0.29, 0.717) is 5.75 Å². The molecule has 1 aromatic heterocycles. The Kier molecular flexibility index (Phi) is 12.5. The van der Waals surface area contributed by atoms with E-state index in [1.54, 1.807) is 0 Å². The van der Waals surface area contributed by atoms with Gasteiger partial charge in [0, 0.05) is 11.4 Å². The van der Waals surface area contributed by atoms with Crippen LogP contribution in [-0.4, -0.2) is 21.8 Å². The number of rotatable bonds is 10. The number of aliphatic hydroxyl groups is 1. The Labute approximate surface area is 278 Å². The predicted octanol–water partition coefficient (Wildman–Crippen LogP) is 3.96. The van der Waals surface area contributed by atoms with Gasteiger partial charge in [0.25, 0.3) is 0 Å². The van der Waals surface area contributed by atoms with Crippen LogP contribution in [0.1, 0.15) is 73.0 Å². The summed E-state index contributed by atoms with van der Waals surface area (Å²) >= 11 is 4.05. The smallest absolute Gasteiger partial charge is 0.550 e. The van der Waals surface area contributed by atoms with Gasteiger partial charge in [0.15, 0.2) is 0 Å². The standard InChI is InChI=1S/C30H31NO.C6H10O2S.Na/c1-22-14-16-26-17-19-27(31-29(26)20-22)18-15-24-9-6-8-23(21-24)10-7-12-25-11-4-5-13-28(25)30(2,3)32;7-5(8)3-6(4-9)1-2-6;/h4-6,8-9,11,13-21,32H,7,10,12H2,1-3H3;9H,1-4H2,(H,7,8);/q;;+1/p-1/b18-15-;;. The Balaban J connectivity index is 0.000000415. The van der Waals surface area contributed by atoms with Crippen LogP contribution in [0.3, 0.4) is 0 Å². The minimum atomic E-state index is -0.943. The second-order valence-electron chi connectivity index (χ2n) is 11.8. The first kappa shape index (κ1) is 34.1. The molecule has 1 saturated carbocycles. The summed E-state index contributed by atoms with van der Waals surface area (Å²) < 4.78 is 0. The zero-order valence-corrected chi connectivity index (χ0v) is 28.2. The topological polar surface area (TPSA) is 73.2 Å². The molecular formula is C36H40NNaO3S. The second kappa shape index (κ2) is 15.4. The summed E-state index contributed by atoms with van der Waals surface area (Å²) in [5.74, 6) is -0.261. The van der Waals surface area contributed by atoms with E-state index >= 15 is 0 Å². The number of carbonyl (C=O) groups is 1. The van der Waals surface area contributed by atoms with Crippen LogP contribution < -0.4 is 34.7 Å². The van der Waals surface area contributed by atoms with Crippen LogP contribution in [0.2, 0.25) is 0 Å². The maximum Gasteiger partial charge on any atom is 1.00 e. The zero-order chi connectivity index (χ0) is 29.5. The number of hydrogen-bond donors (Lipinski definition) is 2. The van der Waals surface area contributed by atoms with E-state index in [4.69, 9.17) is 4.98 Å². The molecule has 0 radical (unpaired) electrons. The Morgan fingerprint density at radius 1 is 1.00 bits per heavy atom. The van der Waals surface area contributed by atoms with Gasteiger partial charge in [-0.1, -0.05) is 72.8 Å². The molecule has 1 aliphatic carbocycles. The van der Waals surface area contributed by atoms with Crippen molar-refractivity contribution in [3.05, 3.63) is 112 Å². The molecule has 0 atom stereocenters. The summed E-state index contributed by atoms with van der Waals surface area (Å²) in [6, 6.07) is 27.5. The van der Waals surface area contributed by atoms with Crippen LogP contribution in [0.4, 0.5) is 0 Å². The van der Waals surface area contributed by atoms with Crippen molar-refractivity contribution in [3.63, 3.8) is 0 Å². The number of benzene rings is 3. The third kappa shape index (κ3) is 10.1. The maximum absolute atomic E-state index is 10.4. The number of fused-ring (bicyclic) bond motifs is 1. The number of aliphatic carboxylic acids is 1. The number of carbonyl (C=O) groups excluding carboxylic acids is 1. The molecule has 0 bridgehead atoms. The van der Waals surface area contributed by atoms with Crippen molar-refractivity contribution in [2.75, 3.05) is 5.75 Å². The first-order valence-corrected chi connectivity index (χ1v) is 15.0. The van der Waals surface area contributed by atoms with Gasteiger partial charge in [-0.05, 0) is 116 Å². The molecule has 1 N–H and O–H groups in total. The van der Waals surface area contributed by atoms with E-state index in [-0.39, 0.29) is 41.4 Å². The normalized spacial score (nSPS) is 13.7. The largest absolute Gasteiger partial charge is 1.00 e. The number of carboxylic acid groups (broad SMARTS) is 1. The quantitative estimate of drug-likeness (QED) is 0.217. The molecule has 3 aromatic carbocycles. The van der Waals surface area contributed by atoms with Crippen molar-refractivity contribution < 1.29 is 44.6 Å². The van der Waals surface area contributed by atoms with Gasteiger partial charge in [-0.3, -0.25) is 0 Å². The molecule has 4 nitrogen and oxygen atoms in total. The molecule has 0 aliphatic heterocycles. The summed E-state index contributed by atoms with van der Waals surface area (Å²) in [4.78, 5) is 14.8. The van der Waals surface area contributed by atoms with E-state index in [1.807, 2.05) is 26.0 Å². The van der Waals surface area contributed by atoms with Crippen molar-refractivity contribution in [1.29, 1.82) is 0 Å². The summed E-state index contributed by atoms with van der Waals surface area (Å²) in [6.07, 6.45) is 9.44. The summed E-state index contributed by atoms with van der Waals surface area (Å²) in [7, 11) is 0. The number of nitrogens with zero attached hydrogens (tertiary/aromatic N) is 1.